The molecule has 26 nitrogen and oxygen atoms in total. The Labute approximate surface area is 680 Å². The van der Waals surface area contributed by atoms with Crippen LogP contribution in [0.15, 0.2) is 163 Å². The number of rotatable bonds is 3. The van der Waals surface area contributed by atoms with Gasteiger partial charge in [0.05, 0.1) is 47.6 Å². The third-order valence-corrected chi connectivity index (χ3v) is 21.8. The van der Waals surface area contributed by atoms with Crippen LogP contribution in [0, 0.1) is 65.1 Å². The van der Waals surface area contributed by atoms with Crippen molar-refractivity contribution in [3.05, 3.63) is 163 Å². The molecule has 0 aromatic rings. The zero-order chi connectivity index (χ0) is 84.9. The number of ketones is 6. The van der Waals surface area contributed by atoms with Gasteiger partial charge in [-0.15, -0.1) is 0 Å². The number of nitrogens with two attached hydrogens (primary N) is 3. The third-order valence-electron chi connectivity index (χ3n) is 21.8. The molecule has 0 radical (unpaired) electrons. The van der Waals surface area contributed by atoms with E-state index >= 15 is 0 Å². The summed E-state index contributed by atoms with van der Waals surface area (Å²) in [7, 11) is 0. The molecule has 6 rings (SSSR count). The van der Waals surface area contributed by atoms with E-state index in [0.717, 1.165) is 17.7 Å². The molecule has 3 heterocycles. The van der Waals surface area contributed by atoms with Gasteiger partial charge in [0, 0.05) is 104 Å². The maximum atomic E-state index is 13.2. The molecule has 6 aliphatic rings. The molecule has 0 saturated carbocycles. The number of carbonyl (C=O) groups is 12. The van der Waals surface area contributed by atoms with Crippen LogP contribution in [0.2, 0.25) is 0 Å². The van der Waals surface area contributed by atoms with Crippen LogP contribution in [0.25, 0.3) is 0 Å². The minimum Gasteiger partial charge on any atom is -0.441 e. The molecular formula is C89H132N6O20. The van der Waals surface area contributed by atoms with E-state index < -0.39 is 114 Å². The number of carbonyl (C=O) groups excluding carboxylic acids is 12. The molecule has 638 valence electrons. The molecule has 14 N–H and O–H groups in total. The number of primary amides is 3. The fraction of sp³-hybridized carbons (Fsp3) is 0.551. The van der Waals surface area contributed by atoms with Crippen molar-refractivity contribution in [2.24, 2.45) is 82.3 Å². The van der Waals surface area contributed by atoms with E-state index in [1.165, 1.54) is 25.2 Å². The second kappa shape index (κ2) is 46.8. The number of hydrogen-bond donors (Lipinski definition) is 11. The molecule has 3 aliphatic heterocycles. The summed E-state index contributed by atoms with van der Waals surface area (Å²) in [6.07, 6.45) is 13.8. The van der Waals surface area contributed by atoms with Gasteiger partial charge in [0.25, 0.3) is 17.7 Å². The van der Waals surface area contributed by atoms with E-state index in [-0.39, 0.29) is 139 Å². The maximum Gasteiger partial charge on any atom is 0.405 e. The number of ether oxygens (including phenoxy) is 3. The predicted molar refractivity (Wildman–Crippen MR) is 444 cm³/mol. The SMILES string of the molecule is C.C.C.CC1=C2C(=O)C(=CC1=O)NC(=O)/C(C)=C/C=C\[C@H](C)[C@@H](OC(N)=O)/C(C)=C/[C@H](C)[C@@H](O)[C@@H](C)C[C@H](C)C2O.CC1=C2CCC[C@H](C)[C@H](O)[C@@H](C)/C=C(\C)[C@H](OC(N)=O)[C@@H](C)/C=C\C=C(/C)C(=O)NC(=CC1=O)C2=O.CC1=C2C[C@@H](C)C[C@H](C)[C@H](O)[C@@H](C)/C=C(\C)[C@H](OC(N)=O)[C@@H](C)C(O)C/C=C(\C)C(=O)NC(=CC1=O)C2=O. The van der Waals surface area contributed by atoms with Gasteiger partial charge < -0.3 is 72.9 Å². The molecule has 0 spiro atoms. The van der Waals surface area contributed by atoms with Crippen LogP contribution in [-0.4, -0.2) is 145 Å². The Kier molecular flexibility index (Phi) is 42.1. The molecule has 26 heteroatoms. The van der Waals surface area contributed by atoms with Crippen LogP contribution in [0.1, 0.15) is 206 Å². The second-order valence-electron chi connectivity index (χ2n) is 31.5. The number of amides is 6. The zero-order valence-corrected chi connectivity index (χ0v) is 68.5. The van der Waals surface area contributed by atoms with Crippen molar-refractivity contribution < 1.29 is 97.3 Å². The van der Waals surface area contributed by atoms with Gasteiger partial charge in [0.1, 0.15) is 18.3 Å². The van der Waals surface area contributed by atoms with E-state index in [4.69, 9.17) is 31.4 Å². The summed E-state index contributed by atoms with van der Waals surface area (Å²) in [5.74, 6) is -7.18. The van der Waals surface area contributed by atoms with Gasteiger partial charge in [0.2, 0.25) is 17.3 Å². The van der Waals surface area contributed by atoms with Crippen molar-refractivity contribution in [1.82, 2.24) is 16.0 Å². The molecule has 0 fully saturated rings. The van der Waals surface area contributed by atoms with E-state index in [0.29, 0.717) is 77.5 Å². The number of aliphatic hydroxyl groups is 5. The van der Waals surface area contributed by atoms with Crippen molar-refractivity contribution in [1.29, 1.82) is 0 Å². The number of nitrogens with one attached hydrogen (secondary N) is 3. The average molecular weight is 1610 g/mol. The Bertz CT molecular complexity index is 4090. The molecular weight excluding hydrogens is 1470 g/mol. The van der Waals surface area contributed by atoms with Crippen molar-refractivity contribution in [3.8, 4) is 0 Å². The van der Waals surface area contributed by atoms with Crippen LogP contribution in [0.3, 0.4) is 0 Å². The lowest BCUT2D eigenvalue weighted by Gasteiger charge is -2.30. The number of allylic oxidation sites excluding steroid dienone is 13. The van der Waals surface area contributed by atoms with Gasteiger partial charge in [-0.25, -0.2) is 14.4 Å². The first-order valence-electron chi connectivity index (χ1n) is 38.3. The summed E-state index contributed by atoms with van der Waals surface area (Å²) in [6, 6.07) is 0. The van der Waals surface area contributed by atoms with E-state index in [9.17, 15) is 83.1 Å². The van der Waals surface area contributed by atoms with Crippen molar-refractivity contribution in [3.63, 3.8) is 0 Å². The highest BCUT2D eigenvalue weighted by molar-refractivity contribution is 6.25. The lowest BCUT2D eigenvalue weighted by Crippen LogP contribution is -2.38. The first kappa shape index (κ1) is 103. The molecule has 0 aromatic heterocycles. The summed E-state index contributed by atoms with van der Waals surface area (Å²) in [5.41, 5.74) is 20.1. The summed E-state index contributed by atoms with van der Waals surface area (Å²) in [6.45, 7) is 35.2. The molecule has 3 aliphatic carbocycles. The Hall–Kier alpha value is -9.60. The third kappa shape index (κ3) is 29.3. The van der Waals surface area contributed by atoms with E-state index in [1.807, 2.05) is 87.5 Å². The molecule has 0 saturated heterocycles. The quantitative estimate of drug-likeness (QED) is 0.0710. The highest BCUT2D eigenvalue weighted by atomic mass is 16.6. The monoisotopic (exact) mass is 1600 g/mol. The van der Waals surface area contributed by atoms with E-state index in [1.54, 1.807) is 92.7 Å². The van der Waals surface area contributed by atoms with E-state index in [2.05, 4.69) is 16.0 Å². The molecule has 0 aromatic carbocycles. The van der Waals surface area contributed by atoms with Crippen molar-refractivity contribution in [2.75, 3.05) is 0 Å². The smallest absolute Gasteiger partial charge is 0.405 e. The molecule has 19 atom stereocenters. The van der Waals surface area contributed by atoms with Crippen LogP contribution in [0.5, 0.6) is 0 Å². The number of fused-ring (bicyclic) bond motifs is 6. The fourth-order valence-electron chi connectivity index (χ4n) is 14.8. The highest BCUT2D eigenvalue weighted by Crippen LogP contribution is 2.35. The Morgan fingerprint density at radius 3 is 1.22 bits per heavy atom. The van der Waals surface area contributed by atoms with Gasteiger partial charge in [-0.2, -0.15) is 0 Å². The molecule has 115 heavy (non-hydrogen) atoms. The highest BCUT2D eigenvalue weighted by Gasteiger charge is 2.38. The van der Waals surface area contributed by atoms with Crippen LogP contribution < -0.4 is 33.2 Å². The summed E-state index contributed by atoms with van der Waals surface area (Å²) >= 11 is 0. The Morgan fingerprint density at radius 2 is 0.791 bits per heavy atom. The van der Waals surface area contributed by atoms with Crippen molar-refractivity contribution >= 4 is 70.7 Å². The summed E-state index contributed by atoms with van der Waals surface area (Å²) in [4.78, 5) is 150. The van der Waals surface area contributed by atoms with Gasteiger partial charge in [-0.05, 0) is 154 Å². The number of aliphatic hydroxyl groups excluding tert-OH is 5. The maximum absolute atomic E-state index is 13.2. The largest absolute Gasteiger partial charge is 0.441 e. The van der Waals surface area contributed by atoms with Gasteiger partial charge in [-0.1, -0.05) is 159 Å². The normalized spacial score (nSPS) is 33.9. The average Bonchev–Trinajstić information content (AvgIpc) is 1.49. The standard InChI is InChI=1S/C29H42N2O7.C29H40N2O7.C28H38N2O6.3CH4/c1-14-10-16(3)25(34)17(4)12-18(5)27(38-29(30)37)20(7)23(32)9-8-15(2)28(36)31-22-13-24(33)19(6)21(11-14)26(22)35;1-14-9-8-10-15(2)28(36)31-21-13-22(32)20(7)23(26(21)35)25(34)18(5)11-16(3)24(33)17(4)12-19(6)27(14)38-29(30)37;1-15-9-8-12-21-20(6)23(31)14-22(25(21)33)30-27(34)17(3)11-7-10-16(2)26(36-28(29)35)19(5)13-18(4)24(15)32;;;/h8,12-14,16-17,20,23,25,27,32,34H,9-11H2,1-7H3,(H2,30,37)(H,31,36);8-10,12-14,16-18,24-25,27,33-34H,11H2,1-7H3,(H2,30,37)(H,31,36);7,10-11,13-16,18,24,26,32H,8-9,12H2,1-6H3,(H2,29,35)(H,30,34);3*1H4/b15-8+,18-12+;9-8-,15-10+,19-12+;10-7-,17-11+,19-13+;;;/t14-,16-,17-,20-,23?,25-,27-;14-,16-,17-,18-,24-,25?,27+;15-,16-,18-,24-,26+;;;/m000.../s1. The fourth-order valence-corrected chi connectivity index (χ4v) is 14.8. The van der Waals surface area contributed by atoms with Crippen LogP contribution in [0.4, 0.5) is 14.4 Å². The summed E-state index contributed by atoms with van der Waals surface area (Å²) < 4.78 is 16.1. The van der Waals surface area contributed by atoms with Gasteiger partial charge in [0.15, 0.2) is 17.3 Å². The number of Topliss-reactive ketones (excluding diaryl/α,β-unsaturated/α-hetero) is 3. The van der Waals surface area contributed by atoms with Crippen LogP contribution in [-0.2, 0) is 57.4 Å². The zero-order valence-electron chi connectivity index (χ0n) is 68.5. The molecule has 6 amide bonds. The van der Waals surface area contributed by atoms with Gasteiger partial charge in [-0.3, -0.25) is 43.2 Å². The molecule has 2 unspecified atom stereocenters. The summed E-state index contributed by atoms with van der Waals surface area (Å²) in [5, 5.41) is 62.6. The number of hydrogen-bond acceptors (Lipinski definition) is 20. The lowest BCUT2D eigenvalue weighted by atomic mass is 9.79. The topological polar surface area (TPSA) is 448 Å². The lowest BCUT2D eigenvalue weighted by molar-refractivity contribution is -0.120. The first-order valence-corrected chi connectivity index (χ1v) is 38.3. The minimum atomic E-state index is -1.27. The minimum absolute atomic E-state index is 0. The Balaban J connectivity index is 0.000000852. The Morgan fingerprint density at radius 1 is 0.435 bits per heavy atom. The predicted octanol–water partition coefficient (Wildman–Crippen LogP) is 12.0. The second-order valence-corrected chi connectivity index (χ2v) is 31.5. The first-order chi connectivity index (χ1) is 52.1. The van der Waals surface area contributed by atoms with Crippen LogP contribution >= 0.6 is 0 Å². The molecule has 6 bridgehead atoms. The van der Waals surface area contributed by atoms with Crippen molar-refractivity contribution in [2.45, 2.75) is 255 Å². The van der Waals surface area contributed by atoms with Gasteiger partial charge >= 0.3 is 18.3 Å².